The molecule has 0 aliphatic carbocycles. The summed E-state index contributed by atoms with van der Waals surface area (Å²) in [5, 5.41) is 11.3. The van der Waals surface area contributed by atoms with Gasteiger partial charge in [-0.3, -0.25) is 10.1 Å². The topological polar surface area (TPSA) is 110 Å². The van der Waals surface area contributed by atoms with Crippen molar-refractivity contribution in [3.8, 4) is 0 Å². The number of hydrogen-bond acceptors (Lipinski definition) is 7. The lowest BCUT2D eigenvalue weighted by Gasteiger charge is -2.10. The van der Waals surface area contributed by atoms with Crippen LogP contribution in [0.25, 0.3) is 0 Å². The van der Waals surface area contributed by atoms with Gasteiger partial charge in [0.2, 0.25) is 21.1 Å². The molecule has 1 aromatic rings. The summed E-state index contributed by atoms with van der Waals surface area (Å²) >= 11 is 1.26. The van der Waals surface area contributed by atoms with Gasteiger partial charge < -0.3 is 4.74 Å². The van der Waals surface area contributed by atoms with Crippen molar-refractivity contribution < 1.29 is 17.9 Å². The molecule has 1 unspecified atom stereocenters. The summed E-state index contributed by atoms with van der Waals surface area (Å²) in [5.41, 5.74) is 0. The number of sulfonamides is 1. The van der Waals surface area contributed by atoms with Crippen LogP contribution >= 0.6 is 11.3 Å². The first kappa shape index (κ1) is 17.3. The highest BCUT2D eigenvalue weighted by Gasteiger charge is 2.21. The molecule has 8 nitrogen and oxygen atoms in total. The van der Waals surface area contributed by atoms with Crippen LogP contribution in [0.1, 0.15) is 31.2 Å². The van der Waals surface area contributed by atoms with Crippen molar-refractivity contribution in [2.24, 2.45) is 0 Å². The Morgan fingerprint density at radius 2 is 2.27 bits per heavy atom. The average Bonchev–Trinajstić information content (AvgIpc) is 3.08. The molecule has 2 heterocycles. The lowest BCUT2D eigenvalue weighted by atomic mass is 10.2. The van der Waals surface area contributed by atoms with E-state index in [2.05, 4.69) is 20.2 Å². The highest BCUT2D eigenvalue weighted by atomic mass is 32.2. The summed E-state index contributed by atoms with van der Waals surface area (Å²) in [4.78, 5) is 11.8. The molecule has 0 aromatic carbocycles. The van der Waals surface area contributed by atoms with Gasteiger partial charge in [0.15, 0.2) is 0 Å². The number of carbonyl (C=O) groups is 1. The van der Waals surface area contributed by atoms with E-state index in [1.54, 1.807) is 0 Å². The Bertz CT molecular complexity index is 596. The zero-order valence-electron chi connectivity index (χ0n) is 12.4. The third-order valence-corrected chi connectivity index (χ3v) is 5.20. The highest BCUT2D eigenvalue weighted by Crippen LogP contribution is 2.16. The summed E-state index contributed by atoms with van der Waals surface area (Å²) in [5.74, 6) is -1.26. The summed E-state index contributed by atoms with van der Waals surface area (Å²) in [6, 6.07) is 0. The first-order chi connectivity index (χ1) is 10.5. The maximum Gasteiger partial charge on any atom is 0.242 e. The Kier molecular flexibility index (Phi) is 6.24. The van der Waals surface area contributed by atoms with Crippen molar-refractivity contribution in [1.82, 2.24) is 14.9 Å². The van der Waals surface area contributed by atoms with Crippen LogP contribution in [0.4, 0.5) is 5.13 Å². The molecule has 2 N–H and O–H groups in total. The van der Waals surface area contributed by atoms with Gasteiger partial charge in [-0.1, -0.05) is 18.3 Å². The van der Waals surface area contributed by atoms with Crippen molar-refractivity contribution >= 4 is 32.4 Å². The van der Waals surface area contributed by atoms with Crippen LogP contribution in [0, 0.1) is 0 Å². The van der Waals surface area contributed by atoms with Crippen molar-refractivity contribution in [2.45, 2.75) is 38.7 Å². The van der Waals surface area contributed by atoms with E-state index >= 15 is 0 Å². The van der Waals surface area contributed by atoms with Crippen LogP contribution in [0.2, 0.25) is 0 Å². The molecule has 1 saturated heterocycles. The van der Waals surface area contributed by atoms with Gasteiger partial charge in [-0.25, -0.2) is 13.1 Å². The van der Waals surface area contributed by atoms with Crippen LogP contribution in [0.5, 0.6) is 0 Å². The second kappa shape index (κ2) is 7.95. The zero-order chi connectivity index (χ0) is 16.0. The Morgan fingerprint density at radius 1 is 1.45 bits per heavy atom. The quantitative estimate of drug-likeness (QED) is 0.709. The minimum absolute atomic E-state index is 0.0994. The van der Waals surface area contributed by atoms with Gasteiger partial charge in [-0.05, 0) is 19.3 Å². The van der Waals surface area contributed by atoms with Crippen molar-refractivity contribution in [3.63, 3.8) is 0 Å². The SMILES string of the molecule is CCCc1nnc(NC(=O)CS(=O)(=O)NCC2CCCO2)s1. The molecule has 124 valence electrons. The predicted octanol–water partition coefficient (Wildman–Crippen LogP) is 0.527. The van der Waals surface area contributed by atoms with Crippen molar-refractivity contribution in [1.29, 1.82) is 0 Å². The number of rotatable bonds is 8. The molecular formula is C12H20N4O4S2. The van der Waals surface area contributed by atoms with Crippen molar-refractivity contribution in [2.75, 3.05) is 24.2 Å². The summed E-state index contributed by atoms with van der Waals surface area (Å²) < 4.78 is 31.4. The van der Waals surface area contributed by atoms with Gasteiger partial charge in [0, 0.05) is 19.6 Å². The maximum absolute atomic E-state index is 11.8. The molecule has 2 rings (SSSR count). The molecule has 1 aromatic heterocycles. The third-order valence-electron chi connectivity index (χ3n) is 3.05. The van der Waals surface area contributed by atoms with Crippen LogP contribution in [-0.2, 0) is 26.0 Å². The van der Waals surface area contributed by atoms with Crippen molar-refractivity contribution in [3.05, 3.63) is 5.01 Å². The minimum atomic E-state index is -3.68. The van der Waals surface area contributed by atoms with E-state index in [1.165, 1.54) is 11.3 Å². The number of hydrogen-bond donors (Lipinski definition) is 2. The first-order valence-corrected chi connectivity index (χ1v) is 9.66. The van der Waals surface area contributed by atoms with E-state index in [0.717, 1.165) is 30.7 Å². The molecule has 1 aliphatic heterocycles. The predicted molar refractivity (Wildman–Crippen MR) is 83.3 cm³/mol. The van der Waals surface area contributed by atoms with E-state index in [-0.39, 0.29) is 12.6 Å². The van der Waals surface area contributed by atoms with Crippen LogP contribution in [0.15, 0.2) is 0 Å². The van der Waals surface area contributed by atoms with Gasteiger partial charge in [0.25, 0.3) is 0 Å². The normalized spacial score (nSPS) is 18.5. The number of carbonyl (C=O) groups excluding carboxylic acids is 1. The maximum atomic E-state index is 11.8. The largest absolute Gasteiger partial charge is 0.377 e. The summed E-state index contributed by atoms with van der Waals surface area (Å²) in [6.07, 6.45) is 3.39. The Balaban J connectivity index is 1.78. The van der Waals surface area contributed by atoms with Gasteiger partial charge in [0.1, 0.15) is 10.8 Å². The molecular weight excluding hydrogens is 328 g/mol. The third kappa shape index (κ3) is 5.59. The van der Waals surface area contributed by atoms with Gasteiger partial charge in [0.05, 0.1) is 6.10 Å². The highest BCUT2D eigenvalue weighted by molar-refractivity contribution is 7.90. The molecule has 0 spiro atoms. The molecule has 0 radical (unpaired) electrons. The molecule has 1 aliphatic rings. The minimum Gasteiger partial charge on any atom is -0.377 e. The zero-order valence-corrected chi connectivity index (χ0v) is 14.0. The molecule has 0 bridgehead atoms. The molecule has 0 saturated carbocycles. The molecule has 1 fully saturated rings. The fourth-order valence-corrected chi connectivity index (χ4v) is 3.84. The average molecular weight is 348 g/mol. The second-order valence-electron chi connectivity index (χ2n) is 5.04. The van der Waals surface area contributed by atoms with E-state index in [0.29, 0.717) is 11.7 Å². The number of aryl methyl sites for hydroxylation is 1. The van der Waals surface area contributed by atoms with Crippen LogP contribution in [-0.4, -0.2) is 49.5 Å². The first-order valence-electron chi connectivity index (χ1n) is 7.19. The van der Waals surface area contributed by atoms with E-state index in [1.807, 2.05) is 6.92 Å². The molecule has 22 heavy (non-hydrogen) atoms. The van der Waals surface area contributed by atoms with Crippen LogP contribution in [0.3, 0.4) is 0 Å². The number of ether oxygens (including phenoxy) is 1. The van der Waals surface area contributed by atoms with Gasteiger partial charge >= 0.3 is 0 Å². The lowest BCUT2D eigenvalue weighted by molar-refractivity contribution is -0.113. The smallest absolute Gasteiger partial charge is 0.242 e. The Hall–Kier alpha value is -1.10. The molecule has 1 amide bonds. The molecule has 1 atom stereocenters. The van der Waals surface area contributed by atoms with Crippen LogP contribution < -0.4 is 10.0 Å². The van der Waals surface area contributed by atoms with Gasteiger partial charge in [-0.15, -0.1) is 10.2 Å². The Morgan fingerprint density at radius 3 is 2.95 bits per heavy atom. The molecule has 10 heteroatoms. The Labute approximate surface area is 133 Å². The standard InChI is InChI=1S/C12H20N4O4S2/c1-2-4-11-15-16-12(21-11)14-10(17)8-22(18,19)13-7-9-5-3-6-20-9/h9,13H,2-8H2,1H3,(H,14,16,17). The van der Waals surface area contributed by atoms with E-state index in [4.69, 9.17) is 4.74 Å². The monoisotopic (exact) mass is 348 g/mol. The number of nitrogens with zero attached hydrogens (tertiary/aromatic N) is 2. The summed E-state index contributed by atoms with van der Waals surface area (Å²) in [6.45, 7) is 2.88. The van der Waals surface area contributed by atoms with Gasteiger partial charge in [-0.2, -0.15) is 0 Å². The second-order valence-corrected chi connectivity index (χ2v) is 7.91. The number of anilines is 1. The number of amides is 1. The summed E-state index contributed by atoms with van der Waals surface area (Å²) in [7, 11) is -3.68. The number of aromatic nitrogens is 2. The van der Waals surface area contributed by atoms with E-state index in [9.17, 15) is 13.2 Å². The lowest BCUT2D eigenvalue weighted by Crippen LogP contribution is -2.37. The van der Waals surface area contributed by atoms with E-state index < -0.39 is 21.7 Å². The fourth-order valence-electron chi connectivity index (χ4n) is 2.02. The fraction of sp³-hybridized carbons (Fsp3) is 0.750. The number of nitrogens with one attached hydrogen (secondary N) is 2.